The van der Waals surface area contributed by atoms with Crippen molar-refractivity contribution in [2.45, 2.75) is 59.8 Å². The van der Waals surface area contributed by atoms with Gasteiger partial charge in [0.1, 0.15) is 0 Å². The van der Waals surface area contributed by atoms with Crippen molar-refractivity contribution < 1.29 is 0 Å². The highest BCUT2D eigenvalue weighted by Crippen LogP contribution is 2.37. The Bertz CT molecular complexity index is 724. The Kier molecular flexibility index (Phi) is 4.33. The molecule has 0 saturated heterocycles. The first-order valence-corrected chi connectivity index (χ1v) is 8.71. The lowest BCUT2D eigenvalue weighted by Crippen LogP contribution is -2.08. The second-order valence-corrected chi connectivity index (χ2v) is 6.78. The van der Waals surface area contributed by atoms with E-state index in [1.165, 1.54) is 42.2 Å². The van der Waals surface area contributed by atoms with Gasteiger partial charge >= 0.3 is 0 Å². The van der Waals surface area contributed by atoms with Crippen molar-refractivity contribution in [3.8, 4) is 0 Å². The number of pyridine rings is 1. The van der Waals surface area contributed by atoms with Crippen molar-refractivity contribution in [1.82, 2.24) is 4.98 Å². The van der Waals surface area contributed by atoms with Crippen molar-refractivity contribution >= 4 is 16.5 Å². The fourth-order valence-electron chi connectivity index (χ4n) is 3.77. The molecule has 0 fully saturated rings. The van der Waals surface area contributed by atoms with Crippen molar-refractivity contribution in [2.75, 3.05) is 0 Å². The SMILES string of the molecule is CCc1cc(C)nc2ccc(C3=C(C)CCC(CC)C3)cc12. The van der Waals surface area contributed by atoms with Gasteiger partial charge in [0.05, 0.1) is 5.52 Å². The van der Waals surface area contributed by atoms with Gasteiger partial charge in [0.15, 0.2) is 0 Å². The van der Waals surface area contributed by atoms with Crippen LogP contribution in [0.25, 0.3) is 16.5 Å². The zero-order chi connectivity index (χ0) is 15.7. The van der Waals surface area contributed by atoms with Crippen molar-refractivity contribution in [1.29, 1.82) is 0 Å². The van der Waals surface area contributed by atoms with E-state index in [0.717, 1.165) is 23.5 Å². The second-order valence-electron chi connectivity index (χ2n) is 6.78. The fourth-order valence-corrected chi connectivity index (χ4v) is 3.77. The van der Waals surface area contributed by atoms with Gasteiger partial charge in [0, 0.05) is 11.1 Å². The normalized spacial score (nSPS) is 19.0. The third kappa shape index (κ3) is 2.82. The smallest absolute Gasteiger partial charge is 0.0708 e. The maximum absolute atomic E-state index is 4.70. The highest BCUT2D eigenvalue weighted by molar-refractivity contribution is 5.87. The summed E-state index contributed by atoms with van der Waals surface area (Å²) in [7, 11) is 0. The minimum atomic E-state index is 0.858. The third-order valence-electron chi connectivity index (χ3n) is 5.26. The van der Waals surface area contributed by atoms with Gasteiger partial charge in [-0.15, -0.1) is 0 Å². The first kappa shape index (κ1) is 15.3. The largest absolute Gasteiger partial charge is 0.253 e. The average Bonchev–Trinajstić information content (AvgIpc) is 2.54. The first-order valence-electron chi connectivity index (χ1n) is 8.71. The number of allylic oxidation sites excluding steroid dienone is 2. The van der Waals surface area contributed by atoms with Gasteiger partial charge in [-0.2, -0.15) is 0 Å². The number of hydrogen-bond acceptors (Lipinski definition) is 1. The van der Waals surface area contributed by atoms with E-state index in [-0.39, 0.29) is 0 Å². The number of aryl methyl sites for hydroxylation is 2. The molecule has 22 heavy (non-hydrogen) atoms. The standard InChI is InChI=1S/C21H27N/c1-5-16-8-7-14(3)19(12-16)18-9-10-21-20(13-18)17(6-2)11-15(4)22-21/h9-11,13,16H,5-8,12H2,1-4H3. The van der Waals surface area contributed by atoms with Gasteiger partial charge in [-0.05, 0) is 80.3 Å². The summed E-state index contributed by atoms with van der Waals surface area (Å²) in [5.74, 6) is 0.858. The lowest BCUT2D eigenvalue weighted by atomic mass is 9.80. The van der Waals surface area contributed by atoms with Crippen LogP contribution in [0.15, 0.2) is 29.8 Å². The van der Waals surface area contributed by atoms with Gasteiger partial charge < -0.3 is 0 Å². The Morgan fingerprint density at radius 1 is 1.14 bits per heavy atom. The van der Waals surface area contributed by atoms with Gasteiger partial charge in [0.2, 0.25) is 0 Å². The molecule has 116 valence electrons. The molecule has 1 heteroatoms. The first-order chi connectivity index (χ1) is 10.6. The topological polar surface area (TPSA) is 12.9 Å². The van der Waals surface area contributed by atoms with E-state index in [1.807, 2.05) is 0 Å². The van der Waals surface area contributed by atoms with Crippen molar-refractivity contribution in [2.24, 2.45) is 5.92 Å². The number of nitrogens with zero attached hydrogens (tertiary/aromatic N) is 1. The molecule has 0 spiro atoms. The number of benzene rings is 1. The van der Waals surface area contributed by atoms with Crippen LogP contribution in [0.5, 0.6) is 0 Å². The van der Waals surface area contributed by atoms with E-state index < -0.39 is 0 Å². The fraction of sp³-hybridized carbons (Fsp3) is 0.476. The van der Waals surface area contributed by atoms with Crippen LogP contribution < -0.4 is 0 Å². The molecule has 0 radical (unpaired) electrons. The quantitative estimate of drug-likeness (QED) is 0.667. The third-order valence-corrected chi connectivity index (χ3v) is 5.26. The van der Waals surface area contributed by atoms with E-state index in [0.29, 0.717) is 0 Å². The summed E-state index contributed by atoms with van der Waals surface area (Å²) >= 11 is 0. The Morgan fingerprint density at radius 2 is 1.95 bits per heavy atom. The molecule has 3 rings (SSSR count). The number of hydrogen-bond donors (Lipinski definition) is 0. The summed E-state index contributed by atoms with van der Waals surface area (Å²) in [5.41, 5.74) is 8.27. The van der Waals surface area contributed by atoms with Crippen LogP contribution in [-0.4, -0.2) is 4.98 Å². The maximum atomic E-state index is 4.70. The number of rotatable bonds is 3. The molecule has 1 unspecified atom stereocenters. The molecule has 1 nitrogen and oxygen atoms in total. The van der Waals surface area contributed by atoms with Crippen LogP contribution in [0.1, 0.15) is 63.3 Å². The van der Waals surface area contributed by atoms with Gasteiger partial charge in [-0.25, -0.2) is 0 Å². The number of aromatic nitrogens is 1. The molecule has 2 aromatic rings. The van der Waals surface area contributed by atoms with Gasteiger partial charge in [-0.1, -0.05) is 31.9 Å². The monoisotopic (exact) mass is 293 g/mol. The van der Waals surface area contributed by atoms with E-state index in [9.17, 15) is 0 Å². The van der Waals surface area contributed by atoms with Crippen LogP contribution in [0.2, 0.25) is 0 Å². The Balaban J connectivity index is 2.10. The molecular weight excluding hydrogens is 266 g/mol. The molecule has 0 N–H and O–H groups in total. The molecule has 1 aromatic carbocycles. The van der Waals surface area contributed by atoms with E-state index in [2.05, 4.69) is 52.0 Å². The van der Waals surface area contributed by atoms with Crippen LogP contribution in [-0.2, 0) is 6.42 Å². The molecule has 1 atom stereocenters. The Labute approximate surface area is 134 Å². The summed E-state index contributed by atoms with van der Waals surface area (Å²) in [5, 5.41) is 1.34. The molecule has 1 heterocycles. The summed E-state index contributed by atoms with van der Waals surface area (Å²) in [6, 6.07) is 9.12. The highest BCUT2D eigenvalue weighted by atomic mass is 14.7. The minimum Gasteiger partial charge on any atom is -0.253 e. The highest BCUT2D eigenvalue weighted by Gasteiger charge is 2.19. The maximum Gasteiger partial charge on any atom is 0.0708 e. The Hall–Kier alpha value is -1.63. The number of fused-ring (bicyclic) bond motifs is 1. The van der Waals surface area contributed by atoms with Crippen LogP contribution in [0.3, 0.4) is 0 Å². The molecule has 0 amide bonds. The van der Waals surface area contributed by atoms with Crippen LogP contribution in [0.4, 0.5) is 0 Å². The van der Waals surface area contributed by atoms with Crippen LogP contribution >= 0.6 is 0 Å². The van der Waals surface area contributed by atoms with Gasteiger partial charge in [0.25, 0.3) is 0 Å². The van der Waals surface area contributed by atoms with E-state index >= 15 is 0 Å². The second kappa shape index (κ2) is 6.24. The minimum absolute atomic E-state index is 0.858. The summed E-state index contributed by atoms with van der Waals surface area (Å²) in [6.45, 7) is 8.97. The van der Waals surface area contributed by atoms with Crippen molar-refractivity contribution in [3.63, 3.8) is 0 Å². The van der Waals surface area contributed by atoms with E-state index in [1.54, 1.807) is 11.1 Å². The van der Waals surface area contributed by atoms with Crippen LogP contribution in [0, 0.1) is 12.8 Å². The predicted octanol–water partition coefficient (Wildman–Crippen LogP) is 6.09. The molecule has 0 aliphatic heterocycles. The molecule has 1 aliphatic rings. The van der Waals surface area contributed by atoms with Crippen molar-refractivity contribution in [3.05, 3.63) is 46.7 Å². The average molecular weight is 293 g/mol. The molecular formula is C21H27N. The lowest BCUT2D eigenvalue weighted by Gasteiger charge is -2.25. The molecule has 1 aromatic heterocycles. The van der Waals surface area contributed by atoms with E-state index in [4.69, 9.17) is 4.98 Å². The molecule has 0 saturated carbocycles. The summed E-state index contributed by atoms with van der Waals surface area (Å²) in [6.07, 6.45) is 6.23. The lowest BCUT2D eigenvalue weighted by molar-refractivity contribution is 0.464. The van der Waals surface area contributed by atoms with Gasteiger partial charge in [-0.3, -0.25) is 4.98 Å². The zero-order valence-electron chi connectivity index (χ0n) is 14.4. The zero-order valence-corrected chi connectivity index (χ0v) is 14.4. The Morgan fingerprint density at radius 3 is 2.68 bits per heavy atom. The molecule has 0 bridgehead atoms. The summed E-state index contributed by atoms with van der Waals surface area (Å²) < 4.78 is 0. The predicted molar refractivity (Wildman–Crippen MR) is 96.1 cm³/mol. The summed E-state index contributed by atoms with van der Waals surface area (Å²) in [4.78, 5) is 4.70. The molecule has 1 aliphatic carbocycles.